The molecule has 48 valence electrons. The second kappa shape index (κ2) is 2.49. The molecular formula is C5H5NOS2. The van der Waals surface area contributed by atoms with Gasteiger partial charge in [-0.05, 0) is 18.7 Å². The number of rotatable bonds is 0. The minimum Gasteiger partial charge on any atom is -0.337 e. The van der Waals surface area contributed by atoms with E-state index >= 15 is 0 Å². The molecule has 9 heavy (non-hydrogen) atoms. The highest BCUT2D eigenvalue weighted by Gasteiger charge is 2.20. The molecule has 0 aromatic carbocycles. The molecule has 1 rings (SSSR count). The lowest BCUT2D eigenvalue weighted by Gasteiger charge is -1.88. The van der Waals surface area contributed by atoms with Crippen molar-refractivity contribution >= 4 is 33.4 Å². The van der Waals surface area contributed by atoms with Crippen LogP contribution in [0.1, 0.15) is 6.92 Å². The van der Waals surface area contributed by atoms with Crippen molar-refractivity contribution in [1.82, 2.24) is 5.32 Å². The van der Waals surface area contributed by atoms with Gasteiger partial charge in [-0.15, -0.1) is 0 Å². The lowest BCUT2D eigenvalue weighted by atomic mass is 10.4. The van der Waals surface area contributed by atoms with E-state index in [2.05, 4.69) is 5.32 Å². The molecule has 1 heterocycles. The van der Waals surface area contributed by atoms with Crippen LogP contribution in [0.25, 0.3) is 0 Å². The van der Waals surface area contributed by atoms with Gasteiger partial charge in [0.25, 0.3) is 0 Å². The molecular weight excluding hydrogens is 154 g/mol. The summed E-state index contributed by atoms with van der Waals surface area (Å²) in [5.41, 5.74) is 0.602. The van der Waals surface area contributed by atoms with Crippen molar-refractivity contribution in [2.45, 2.75) is 6.92 Å². The zero-order valence-corrected chi connectivity index (χ0v) is 6.44. The molecule has 0 saturated carbocycles. The first-order valence-electron chi connectivity index (χ1n) is 2.43. The van der Waals surface area contributed by atoms with Gasteiger partial charge in [0.1, 0.15) is 4.32 Å². The summed E-state index contributed by atoms with van der Waals surface area (Å²) in [6.45, 7) is 1.80. The third-order valence-corrected chi connectivity index (χ3v) is 1.98. The fraction of sp³-hybridized carbons (Fsp3) is 0.200. The number of thioether (sulfide) groups is 1. The van der Waals surface area contributed by atoms with Crippen LogP contribution in [0, 0.1) is 0 Å². The molecule has 0 aromatic heterocycles. The van der Waals surface area contributed by atoms with E-state index in [0.717, 1.165) is 11.8 Å². The molecule has 1 N–H and O–H groups in total. The molecule has 0 amide bonds. The smallest absolute Gasteiger partial charge is 0.242 e. The van der Waals surface area contributed by atoms with E-state index in [1.54, 1.807) is 13.0 Å². The van der Waals surface area contributed by atoms with Crippen LogP contribution < -0.4 is 5.32 Å². The summed E-state index contributed by atoms with van der Waals surface area (Å²) >= 11 is 5.80. The standard InChI is InChI=1S/C5H5NOS2/c1-2-3-4(7)9-5(8)6-3/h2H,1H3,(H,6,8). The van der Waals surface area contributed by atoms with Gasteiger partial charge in [0, 0.05) is 0 Å². The van der Waals surface area contributed by atoms with Gasteiger partial charge in [-0.2, -0.15) is 0 Å². The summed E-state index contributed by atoms with van der Waals surface area (Å²) in [4.78, 5) is 10.8. The van der Waals surface area contributed by atoms with Gasteiger partial charge in [0.05, 0.1) is 5.70 Å². The van der Waals surface area contributed by atoms with E-state index in [-0.39, 0.29) is 5.12 Å². The summed E-state index contributed by atoms with van der Waals surface area (Å²) in [5, 5.41) is 2.78. The van der Waals surface area contributed by atoms with Crippen molar-refractivity contribution < 1.29 is 4.79 Å². The van der Waals surface area contributed by atoms with Gasteiger partial charge in [-0.3, -0.25) is 4.79 Å². The Labute approximate surface area is 62.7 Å². The monoisotopic (exact) mass is 159 g/mol. The Morgan fingerprint density at radius 1 is 1.78 bits per heavy atom. The Morgan fingerprint density at radius 3 is 2.67 bits per heavy atom. The quantitative estimate of drug-likeness (QED) is 0.422. The molecule has 1 fully saturated rings. The number of hydrogen-bond donors (Lipinski definition) is 1. The first kappa shape index (κ1) is 6.77. The van der Waals surface area contributed by atoms with E-state index in [9.17, 15) is 4.79 Å². The van der Waals surface area contributed by atoms with Crippen molar-refractivity contribution in [3.8, 4) is 0 Å². The molecule has 0 spiro atoms. The van der Waals surface area contributed by atoms with Crippen molar-refractivity contribution in [2.75, 3.05) is 0 Å². The van der Waals surface area contributed by atoms with Crippen molar-refractivity contribution in [1.29, 1.82) is 0 Å². The lowest BCUT2D eigenvalue weighted by Crippen LogP contribution is -2.09. The maximum absolute atomic E-state index is 10.8. The van der Waals surface area contributed by atoms with Crippen LogP contribution in [-0.4, -0.2) is 9.44 Å². The maximum Gasteiger partial charge on any atom is 0.242 e. The third kappa shape index (κ3) is 1.31. The average molecular weight is 159 g/mol. The highest BCUT2D eigenvalue weighted by molar-refractivity contribution is 8.33. The number of nitrogens with one attached hydrogen (secondary N) is 1. The number of carbonyl (C=O) groups is 1. The Hall–Kier alpha value is -0.350. The van der Waals surface area contributed by atoms with Crippen LogP contribution in [0.2, 0.25) is 0 Å². The lowest BCUT2D eigenvalue weighted by molar-refractivity contribution is -0.107. The Morgan fingerprint density at radius 2 is 2.44 bits per heavy atom. The van der Waals surface area contributed by atoms with Gasteiger partial charge in [0.2, 0.25) is 5.12 Å². The van der Waals surface area contributed by atoms with Crippen LogP contribution in [0.5, 0.6) is 0 Å². The van der Waals surface area contributed by atoms with Crippen molar-refractivity contribution in [3.63, 3.8) is 0 Å². The number of carbonyl (C=O) groups excluding carboxylic acids is 1. The van der Waals surface area contributed by atoms with E-state index in [4.69, 9.17) is 12.2 Å². The predicted octanol–water partition coefficient (Wildman–Crippen LogP) is 1.04. The van der Waals surface area contributed by atoms with Gasteiger partial charge in [-0.1, -0.05) is 18.3 Å². The van der Waals surface area contributed by atoms with Crippen molar-refractivity contribution in [2.24, 2.45) is 0 Å². The molecule has 0 aromatic rings. The second-order valence-electron chi connectivity index (χ2n) is 1.50. The summed E-state index contributed by atoms with van der Waals surface area (Å²) in [6, 6.07) is 0. The van der Waals surface area contributed by atoms with Gasteiger partial charge >= 0.3 is 0 Å². The minimum atomic E-state index is 0.0162. The largest absolute Gasteiger partial charge is 0.337 e. The highest BCUT2D eigenvalue weighted by atomic mass is 32.2. The zero-order valence-electron chi connectivity index (χ0n) is 4.80. The molecule has 1 aliphatic rings. The summed E-state index contributed by atoms with van der Waals surface area (Å²) in [5.74, 6) is 0. The Balaban J connectivity index is 2.81. The van der Waals surface area contributed by atoms with Gasteiger partial charge in [0.15, 0.2) is 0 Å². The van der Waals surface area contributed by atoms with E-state index in [0.29, 0.717) is 10.0 Å². The number of hydrogen-bond acceptors (Lipinski definition) is 3. The molecule has 0 radical (unpaired) electrons. The van der Waals surface area contributed by atoms with Crippen LogP contribution >= 0.6 is 24.0 Å². The molecule has 2 nitrogen and oxygen atoms in total. The molecule has 1 aliphatic heterocycles. The fourth-order valence-corrected chi connectivity index (χ4v) is 1.46. The van der Waals surface area contributed by atoms with Crippen molar-refractivity contribution in [3.05, 3.63) is 11.8 Å². The predicted molar refractivity (Wildman–Crippen MR) is 42.1 cm³/mol. The van der Waals surface area contributed by atoms with Crippen LogP contribution in [0.15, 0.2) is 11.8 Å². The Kier molecular flexibility index (Phi) is 1.87. The van der Waals surface area contributed by atoms with E-state index in [1.807, 2.05) is 0 Å². The molecule has 0 unspecified atom stereocenters. The van der Waals surface area contributed by atoms with Crippen LogP contribution in [0.4, 0.5) is 0 Å². The SMILES string of the molecule is CC=C1NC(=S)SC1=O. The number of thiocarbonyl (C=S) groups is 1. The summed E-state index contributed by atoms with van der Waals surface area (Å²) < 4.78 is 0.549. The van der Waals surface area contributed by atoms with Crippen LogP contribution in [0.3, 0.4) is 0 Å². The Bertz CT molecular complexity index is 197. The zero-order chi connectivity index (χ0) is 6.85. The fourth-order valence-electron chi connectivity index (χ4n) is 0.516. The summed E-state index contributed by atoms with van der Waals surface area (Å²) in [7, 11) is 0. The highest BCUT2D eigenvalue weighted by Crippen LogP contribution is 2.17. The topological polar surface area (TPSA) is 29.1 Å². The molecule has 0 atom stereocenters. The minimum absolute atomic E-state index is 0.0162. The first-order valence-corrected chi connectivity index (χ1v) is 3.66. The van der Waals surface area contributed by atoms with Gasteiger partial charge < -0.3 is 5.32 Å². The molecule has 0 aliphatic carbocycles. The van der Waals surface area contributed by atoms with Crippen LogP contribution in [-0.2, 0) is 4.79 Å². The third-order valence-electron chi connectivity index (χ3n) is 0.931. The molecule has 0 bridgehead atoms. The van der Waals surface area contributed by atoms with E-state index < -0.39 is 0 Å². The average Bonchev–Trinajstić information content (AvgIpc) is 2.10. The molecule has 1 saturated heterocycles. The van der Waals surface area contributed by atoms with E-state index in [1.165, 1.54) is 0 Å². The second-order valence-corrected chi connectivity index (χ2v) is 3.15. The summed E-state index contributed by atoms with van der Waals surface area (Å²) in [6.07, 6.45) is 1.72. The maximum atomic E-state index is 10.8. The number of allylic oxidation sites excluding steroid dienone is 1. The molecule has 4 heteroatoms. The first-order chi connectivity index (χ1) is 4.24. The van der Waals surface area contributed by atoms with Gasteiger partial charge in [-0.25, -0.2) is 0 Å². The normalized spacial score (nSPS) is 23.0.